The Hall–Kier alpha value is -4.53. The van der Waals surface area contributed by atoms with Gasteiger partial charge in [-0.05, 0) is 38.5 Å². The average molecular weight is 473 g/mol. The number of aryl methyl sites for hydroxylation is 1. The zero-order valence-electron chi connectivity index (χ0n) is 19.6. The Morgan fingerprint density at radius 2 is 1.57 bits per heavy atom. The molecule has 0 saturated carbocycles. The summed E-state index contributed by atoms with van der Waals surface area (Å²) in [4.78, 5) is 45.0. The summed E-state index contributed by atoms with van der Waals surface area (Å²) in [5.74, 6) is -1.54. The fourth-order valence-electron chi connectivity index (χ4n) is 3.77. The summed E-state index contributed by atoms with van der Waals surface area (Å²) >= 11 is 0. The molecule has 2 aromatic heterocycles. The molecule has 178 valence electrons. The lowest BCUT2D eigenvalue weighted by Crippen LogP contribution is -2.16. The van der Waals surface area contributed by atoms with Gasteiger partial charge in [-0.15, -0.1) is 5.10 Å². The molecule has 2 heterocycles. The van der Waals surface area contributed by atoms with E-state index in [9.17, 15) is 14.4 Å². The van der Waals surface area contributed by atoms with Crippen molar-refractivity contribution in [1.82, 2.24) is 19.7 Å². The number of aromatic nitrogens is 4. The summed E-state index contributed by atoms with van der Waals surface area (Å²) in [5.41, 5.74) is 2.91. The number of esters is 2. The number of carbonyl (C=O) groups is 3. The summed E-state index contributed by atoms with van der Waals surface area (Å²) in [6, 6.07) is 18.6. The standard InChI is InChI=1S/C26H24N4O5/c1-4-34-25(32)22-16(2)21(17(3)27-22)20(31)15-35-26(33)23-28-24(18-11-7-5-8-12-18)30(29-23)19-13-9-6-10-14-19/h5-14,27H,4,15H2,1-3H3. The van der Waals surface area contributed by atoms with Gasteiger partial charge in [0.05, 0.1) is 12.3 Å². The van der Waals surface area contributed by atoms with Crippen LogP contribution in [-0.2, 0) is 9.47 Å². The number of H-pyrrole nitrogens is 1. The smallest absolute Gasteiger partial charge is 0.378 e. The third-order valence-electron chi connectivity index (χ3n) is 5.35. The van der Waals surface area contributed by atoms with Gasteiger partial charge in [0.15, 0.2) is 12.4 Å². The minimum absolute atomic E-state index is 0.171. The largest absolute Gasteiger partial charge is 0.461 e. The summed E-state index contributed by atoms with van der Waals surface area (Å²) in [7, 11) is 0. The van der Waals surface area contributed by atoms with Crippen LogP contribution >= 0.6 is 0 Å². The number of rotatable bonds is 8. The Labute approximate surface area is 201 Å². The Bertz CT molecular complexity index is 1320. The van der Waals surface area contributed by atoms with Crippen molar-refractivity contribution < 1.29 is 23.9 Å². The van der Waals surface area contributed by atoms with Gasteiger partial charge in [-0.2, -0.15) is 0 Å². The third kappa shape index (κ3) is 4.89. The van der Waals surface area contributed by atoms with Gasteiger partial charge in [0.25, 0.3) is 5.82 Å². The summed E-state index contributed by atoms with van der Waals surface area (Å²) in [5, 5.41) is 4.34. The molecule has 0 fully saturated rings. The van der Waals surface area contributed by atoms with Crippen molar-refractivity contribution in [2.24, 2.45) is 0 Å². The van der Waals surface area contributed by atoms with Crippen LogP contribution in [0.2, 0.25) is 0 Å². The molecule has 4 rings (SSSR count). The fourth-order valence-corrected chi connectivity index (χ4v) is 3.77. The van der Waals surface area contributed by atoms with Crippen molar-refractivity contribution in [3.05, 3.63) is 89.0 Å². The van der Waals surface area contributed by atoms with E-state index in [1.54, 1.807) is 25.5 Å². The van der Waals surface area contributed by atoms with E-state index in [0.717, 1.165) is 11.3 Å². The van der Waals surface area contributed by atoms with E-state index in [1.807, 2.05) is 60.7 Å². The first kappa shape index (κ1) is 23.6. The first-order valence-electron chi connectivity index (χ1n) is 11.0. The number of Topliss-reactive ketones (excluding diaryl/α,β-unsaturated/α-hetero) is 1. The molecule has 0 amide bonds. The molecule has 0 unspecified atom stereocenters. The highest BCUT2D eigenvalue weighted by atomic mass is 16.5. The van der Waals surface area contributed by atoms with E-state index in [0.29, 0.717) is 17.1 Å². The lowest BCUT2D eigenvalue weighted by Gasteiger charge is -2.05. The number of para-hydroxylation sites is 1. The zero-order valence-corrected chi connectivity index (χ0v) is 19.6. The zero-order chi connectivity index (χ0) is 24.9. The van der Waals surface area contributed by atoms with Crippen LogP contribution in [0.3, 0.4) is 0 Å². The maximum atomic E-state index is 12.8. The van der Waals surface area contributed by atoms with Gasteiger partial charge in [0.1, 0.15) is 5.69 Å². The van der Waals surface area contributed by atoms with Crippen LogP contribution in [0.4, 0.5) is 0 Å². The number of aromatic amines is 1. The summed E-state index contributed by atoms with van der Waals surface area (Å²) in [6.07, 6.45) is 0. The van der Waals surface area contributed by atoms with E-state index < -0.39 is 24.3 Å². The van der Waals surface area contributed by atoms with E-state index in [2.05, 4.69) is 15.1 Å². The topological polar surface area (TPSA) is 116 Å². The first-order valence-corrected chi connectivity index (χ1v) is 11.0. The predicted molar refractivity (Wildman–Crippen MR) is 128 cm³/mol. The molecule has 9 nitrogen and oxygen atoms in total. The molecule has 0 spiro atoms. The second-order valence-corrected chi connectivity index (χ2v) is 7.72. The molecule has 0 aliphatic carbocycles. The second-order valence-electron chi connectivity index (χ2n) is 7.72. The molecule has 0 aliphatic rings. The SMILES string of the molecule is CCOC(=O)c1[nH]c(C)c(C(=O)COC(=O)c2nc(-c3ccccc3)n(-c3ccccc3)n2)c1C. The molecule has 0 bridgehead atoms. The van der Waals surface area contributed by atoms with Gasteiger partial charge in [0.2, 0.25) is 5.78 Å². The number of nitrogens with zero attached hydrogens (tertiary/aromatic N) is 3. The number of ether oxygens (including phenoxy) is 2. The van der Waals surface area contributed by atoms with Crippen LogP contribution in [0, 0.1) is 13.8 Å². The molecule has 35 heavy (non-hydrogen) atoms. The molecule has 0 saturated heterocycles. The van der Waals surface area contributed by atoms with Crippen LogP contribution in [-0.4, -0.2) is 50.7 Å². The Morgan fingerprint density at radius 3 is 2.23 bits per heavy atom. The van der Waals surface area contributed by atoms with E-state index in [1.165, 1.54) is 0 Å². The Balaban J connectivity index is 1.56. The van der Waals surface area contributed by atoms with E-state index in [4.69, 9.17) is 9.47 Å². The highest BCUT2D eigenvalue weighted by Crippen LogP contribution is 2.22. The number of benzene rings is 2. The number of nitrogens with one attached hydrogen (secondary N) is 1. The molecular weight excluding hydrogens is 448 g/mol. The van der Waals surface area contributed by atoms with Crippen molar-refractivity contribution in [2.75, 3.05) is 13.2 Å². The van der Waals surface area contributed by atoms with Crippen molar-refractivity contribution in [1.29, 1.82) is 0 Å². The maximum absolute atomic E-state index is 12.8. The van der Waals surface area contributed by atoms with Gasteiger partial charge in [-0.1, -0.05) is 48.5 Å². The quantitative estimate of drug-likeness (QED) is 0.303. The minimum Gasteiger partial charge on any atom is -0.461 e. The Morgan fingerprint density at radius 1 is 0.914 bits per heavy atom. The molecule has 0 atom stereocenters. The highest BCUT2D eigenvalue weighted by molar-refractivity contribution is 6.04. The summed E-state index contributed by atoms with van der Waals surface area (Å²) in [6.45, 7) is 4.69. The van der Waals surface area contributed by atoms with Crippen LogP contribution in [0.25, 0.3) is 17.1 Å². The molecule has 0 radical (unpaired) electrons. The van der Waals surface area contributed by atoms with Crippen molar-refractivity contribution in [3.63, 3.8) is 0 Å². The first-order chi connectivity index (χ1) is 16.9. The van der Waals surface area contributed by atoms with E-state index >= 15 is 0 Å². The van der Waals surface area contributed by atoms with Crippen LogP contribution in [0.1, 0.15) is 49.6 Å². The number of ketones is 1. The molecule has 0 aliphatic heterocycles. The highest BCUT2D eigenvalue weighted by Gasteiger charge is 2.25. The van der Waals surface area contributed by atoms with E-state index in [-0.39, 0.29) is 23.7 Å². The third-order valence-corrected chi connectivity index (χ3v) is 5.35. The lowest BCUT2D eigenvalue weighted by molar-refractivity contribution is 0.0461. The Kier molecular flexibility index (Phi) is 6.86. The fraction of sp³-hybridized carbons (Fsp3) is 0.192. The van der Waals surface area contributed by atoms with Gasteiger partial charge < -0.3 is 14.5 Å². The van der Waals surface area contributed by atoms with Gasteiger partial charge in [-0.3, -0.25) is 4.79 Å². The van der Waals surface area contributed by atoms with Gasteiger partial charge in [0, 0.05) is 16.8 Å². The molecule has 9 heteroatoms. The lowest BCUT2D eigenvalue weighted by atomic mass is 10.1. The molecular formula is C26H24N4O5. The van der Waals surface area contributed by atoms with Crippen molar-refractivity contribution in [3.8, 4) is 17.1 Å². The van der Waals surface area contributed by atoms with Crippen LogP contribution in [0.15, 0.2) is 60.7 Å². The number of hydrogen-bond acceptors (Lipinski definition) is 7. The van der Waals surface area contributed by atoms with Crippen LogP contribution in [0.5, 0.6) is 0 Å². The minimum atomic E-state index is -0.832. The predicted octanol–water partition coefficient (Wildman–Crippen LogP) is 4.10. The van der Waals surface area contributed by atoms with Crippen molar-refractivity contribution in [2.45, 2.75) is 20.8 Å². The van der Waals surface area contributed by atoms with Gasteiger partial charge in [-0.25, -0.2) is 19.3 Å². The molecule has 1 N–H and O–H groups in total. The molecule has 2 aromatic carbocycles. The monoisotopic (exact) mass is 472 g/mol. The van der Waals surface area contributed by atoms with Crippen LogP contribution < -0.4 is 0 Å². The number of hydrogen-bond donors (Lipinski definition) is 1. The average Bonchev–Trinajstić information content (AvgIpc) is 3.45. The van der Waals surface area contributed by atoms with Gasteiger partial charge >= 0.3 is 11.9 Å². The van der Waals surface area contributed by atoms with Crippen molar-refractivity contribution >= 4 is 17.7 Å². The maximum Gasteiger partial charge on any atom is 0.378 e. The molecule has 4 aromatic rings. The number of carbonyl (C=O) groups excluding carboxylic acids is 3. The summed E-state index contributed by atoms with van der Waals surface area (Å²) < 4.78 is 11.8. The normalized spacial score (nSPS) is 10.7. The second kappa shape index (κ2) is 10.2.